The third-order valence-corrected chi connectivity index (χ3v) is 2.37. The van der Waals surface area contributed by atoms with E-state index in [0.717, 1.165) is 25.8 Å². The zero-order valence-electron chi connectivity index (χ0n) is 11.4. The normalized spacial score (nSPS) is 15.5. The molecule has 0 radical (unpaired) electrons. The van der Waals surface area contributed by atoms with Gasteiger partial charge in [0.25, 0.3) is 0 Å². The summed E-state index contributed by atoms with van der Waals surface area (Å²) >= 11 is 0. The van der Waals surface area contributed by atoms with Crippen LogP contribution in [0.1, 0.15) is 53.9 Å². The van der Waals surface area contributed by atoms with E-state index < -0.39 is 5.54 Å². The molecule has 0 heterocycles. The van der Waals surface area contributed by atoms with Crippen LogP contribution in [0, 0.1) is 11.3 Å². The zero-order valence-corrected chi connectivity index (χ0v) is 11.4. The van der Waals surface area contributed by atoms with Crippen LogP contribution in [-0.2, 0) is 4.74 Å². The SMILES string of the molecule is CCCNC(C)(C#N)CCCOC(C)(C)C. The second-order valence-electron chi connectivity index (χ2n) is 5.44. The Hall–Kier alpha value is -0.590. The maximum Gasteiger partial charge on any atom is 0.104 e. The number of hydrogen-bond acceptors (Lipinski definition) is 3. The highest BCUT2D eigenvalue weighted by molar-refractivity contribution is 5.03. The van der Waals surface area contributed by atoms with E-state index in [4.69, 9.17) is 10.00 Å². The van der Waals surface area contributed by atoms with Gasteiger partial charge in [0.15, 0.2) is 0 Å². The van der Waals surface area contributed by atoms with Crippen LogP contribution >= 0.6 is 0 Å². The summed E-state index contributed by atoms with van der Waals surface area (Å²) in [6.07, 6.45) is 2.80. The molecule has 1 N–H and O–H groups in total. The topological polar surface area (TPSA) is 45.0 Å². The summed E-state index contributed by atoms with van der Waals surface area (Å²) in [4.78, 5) is 0. The van der Waals surface area contributed by atoms with Crippen molar-refractivity contribution in [3.05, 3.63) is 0 Å². The van der Waals surface area contributed by atoms with Gasteiger partial charge in [-0.1, -0.05) is 6.92 Å². The van der Waals surface area contributed by atoms with Crippen molar-refractivity contribution in [2.45, 2.75) is 65.0 Å². The average molecular weight is 226 g/mol. The summed E-state index contributed by atoms with van der Waals surface area (Å²) in [5.41, 5.74) is -0.489. The van der Waals surface area contributed by atoms with Crippen molar-refractivity contribution in [3.63, 3.8) is 0 Å². The van der Waals surface area contributed by atoms with Crippen molar-refractivity contribution < 1.29 is 4.74 Å². The van der Waals surface area contributed by atoms with Gasteiger partial charge in [0.2, 0.25) is 0 Å². The number of nitrogens with zero attached hydrogens (tertiary/aromatic N) is 1. The number of nitriles is 1. The Morgan fingerprint density at radius 3 is 2.31 bits per heavy atom. The molecule has 16 heavy (non-hydrogen) atoms. The van der Waals surface area contributed by atoms with Gasteiger partial charge in [-0.3, -0.25) is 5.32 Å². The molecule has 3 nitrogen and oxygen atoms in total. The van der Waals surface area contributed by atoms with E-state index in [-0.39, 0.29) is 5.60 Å². The summed E-state index contributed by atoms with van der Waals surface area (Å²) in [7, 11) is 0. The fraction of sp³-hybridized carbons (Fsp3) is 0.923. The predicted molar refractivity (Wildman–Crippen MR) is 67.3 cm³/mol. The average Bonchev–Trinajstić information content (AvgIpc) is 2.20. The number of nitrogens with one attached hydrogen (secondary N) is 1. The highest BCUT2D eigenvalue weighted by Gasteiger charge is 2.22. The van der Waals surface area contributed by atoms with E-state index in [0.29, 0.717) is 6.61 Å². The van der Waals surface area contributed by atoms with Crippen LogP contribution in [0.5, 0.6) is 0 Å². The molecule has 0 spiro atoms. The van der Waals surface area contributed by atoms with Gasteiger partial charge in [-0.25, -0.2) is 0 Å². The molecule has 0 saturated heterocycles. The van der Waals surface area contributed by atoms with Crippen LogP contribution < -0.4 is 5.32 Å². The molecule has 0 aliphatic heterocycles. The van der Waals surface area contributed by atoms with Gasteiger partial charge in [0.1, 0.15) is 5.54 Å². The van der Waals surface area contributed by atoms with Gasteiger partial charge < -0.3 is 4.74 Å². The van der Waals surface area contributed by atoms with E-state index >= 15 is 0 Å². The number of hydrogen-bond donors (Lipinski definition) is 1. The molecule has 1 atom stereocenters. The van der Waals surface area contributed by atoms with Crippen LogP contribution in [0.4, 0.5) is 0 Å². The molecular formula is C13H26N2O. The molecule has 0 fully saturated rings. The Morgan fingerprint density at radius 2 is 1.88 bits per heavy atom. The van der Waals surface area contributed by atoms with Gasteiger partial charge in [0, 0.05) is 6.61 Å². The standard InChI is InChI=1S/C13H26N2O/c1-6-9-15-13(5,11-14)8-7-10-16-12(2,3)4/h15H,6-10H2,1-5H3. The lowest BCUT2D eigenvalue weighted by molar-refractivity contribution is -0.00600. The highest BCUT2D eigenvalue weighted by Crippen LogP contribution is 2.13. The molecule has 3 heteroatoms. The lowest BCUT2D eigenvalue weighted by atomic mass is 9.97. The van der Waals surface area contributed by atoms with Crippen LogP contribution in [0.25, 0.3) is 0 Å². The fourth-order valence-corrected chi connectivity index (χ4v) is 1.39. The molecule has 0 aromatic rings. The first-order chi connectivity index (χ1) is 7.33. The molecule has 94 valence electrons. The molecule has 0 aromatic heterocycles. The van der Waals surface area contributed by atoms with Crippen LogP contribution in [0.15, 0.2) is 0 Å². The summed E-state index contributed by atoms with van der Waals surface area (Å²) < 4.78 is 5.64. The molecule has 1 unspecified atom stereocenters. The Labute approximate surface area is 100 Å². The minimum atomic E-state index is -0.406. The van der Waals surface area contributed by atoms with E-state index in [1.54, 1.807) is 0 Å². The van der Waals surface area contributed by atoms with Crippen molar-refractivity contribution >= 4 is 0 Å². The second-order valence-corrected chi connectivity index (χ2v) is 5.44. The Balaban J connectivity index is 3.84. The Bertz CT molecular complexity index is 227. The summed E-state index contributed by atoms with van der Waals surface area (Å²) in [6.45, 7) is 11.8. The molecule has 0 aliphatic carbocycles. The monoisotopic (exact) mass is 226 g/mol. The maximum absolute atomic E-state index is 9.12. The lowest BCUT2D eigenvalue weighted by Crippen LogP contribution is -2.41. The summed E-state index contributed by atoms with van der Waals surface area (Å²) in [5.74, 6) is 0. The number of ether oxygens (including phenoxy) is 1. The molecule has 0 saturated carbocycles. The minimum Gasteiger partial charge on any atom is -0.376 e. The first-order valence-corrected chi connectivity index (χ1v) is 6.13. The third kappa shape index (κ3) is 7.67. The van der Waals surface area contributed by atoms with Gasteiger partial charge >= 0.3 is 0 Å². The molecular weight excluding hydrogens is 200 g/mol. The maximum atomic E-state index is 9.12. The summed E-state index contributed by atoms with van der Waals surface area (Å²) in [5, 5.41) is 12.4. The fourth-order valence-electron chi connectivity index (χ4n) is 1.39. The van der Waals surface area contributed by atoms with Gasteiger partial charge in [-0.2, -0.15) is 5.26 Å². The molecule has 0 amide bonds. The lowest BCUT2D eigenvalue weighted by Gasteiger charge is -2.24. The predicted octanol–water partition coefficient (Wildman–Crippen LogP) is 2.86. The summed E-state index contributed by atoms with van der Waals surface area (Å²) in [6, 6.07) is 2.34. The first kappa shape index (κ1) is 15.4. The molecule has 0 bridgehead atoms. The second kappa shape index (κ2) is 6.88. The van der Waals surface area contributed by atoms with E-state index in [2.05, 4.69) is 18.3 Å². The Morgan fingerprint density at radius 1 is 1.25 bits per heavy atom. The van der Waals surface area contributed by atoms with E-state index in [9.17, 15) is 0 Å². The van der Waals surface area contributed by atoms with Crippen molar-refractivity contribution in [2.75, 3.05) is 13.2 Å². The number of rotatable bonds is 7. The molecule has 0 aromatic carbocycles. The first-order valence-electron chi connectivity index (χ1n) is 6.13. The smallest absolute Gasteiger partial charge is 0.104 e. The molecule has 0 rings (SSSR count). The van der Waals surface area contributed by atoms with Crippen molar-refractivity contribution in [1.29, 1.82) is 5.26 Å². The highest BCUT2D eigenvalue weighted by atomic mass is 16.5. The Kier molecular flexibility index (Phi) is 6.62. The quantitative estimate of drug-likeness (QED) is 0.679. The van der Waals surface area contributed by atoms with E-state index in [1.165, 1.54) is 0 Å². The van der Waals surface area contributed by atoms with Gasteiger partial charge in [-0.15, -0.1) is 0 Å². The van der Waals surface area contributed by atoms with Crippen molar-refractivity contribution in [1.82, 2.24) is 5.32 Å². The minimum absolute atomic E-state index is 0.0834. The van der Waals surface area contributed by atoms with Crippen molar-refractivity contribution in [2.24, 2.45) is 0 Å². The van der Waals surface area contributed by atoms with Crippen LogP contribution in [0.3, 0.4) is 0 Å². The van der Waals surface area contributed by atoms with Gasteiger partial charge in [-0.05, 0) is 53.5 Å². The van der Waals surface area contributed by atoms with Crippen molar-refractivity contribution in [3.8, 4) is 6.07 Å². The third-order valence-electron chi connectivity index (χ3n) is 2.37. The largest absolute Gasteiger partial charge is 0.376 e. The van der Waals surface area contributed by atoms with Crippen LogP contribution in [0.2, 0.25) is 0 Å². The van der Waals surface area contributed by atoms with Gasteiger partial charge in [0.05, 0.1) is 11.7 Å². The molecule has 0 aliphatic rings. The van der Waals surface area contributed by atoms with Crippen LogP contribution in [-0.4, -0.2) is 24.3 Å². The zero-order chi connectivity index (χ0) is 12.7. The van der Waals surface area contributed by atoms with E-state index in [1.807, 2.05) is 27.7 Å².